The van der Waals surface area contributed by atoms with Crippen LogP contribution in [0.15, 0.2) is 82.2 Å². The quantitative estimate of drug-likeness (QED) is 0.448. The Morgan fingerprint density at radius 3 is 2.62 bits per heavy atom. The molecule has 0 fully saturated rings. The normalized spacial score (nSPS) is 15.6. The zero-order chi connectivity index (χ0) is 22.2. The van der Waals surface area contributed by atoms with Crippen LogP contribution in [0.2, 0.25) is 5.02 Å². The van der Waals surface area contributed by atoms with Gasteiger partial charge in [-0.25, -0.2) is 5.01 Å². The molecule has 3 heterocycles. The van der Waals surface area contributed by atoms with E-state index in [-0.39, 0.29) is 11.5 Å². The van der Waals surface area contributed by atoms with E-state index in [1.54, 1.807) is 31.4 Å². The van der Waals surface area contributed by atoms with Crippen molar-refractivity contribution in [3.05, 3.63) is 99.7 Å². The first-order valence-corrected chi connectivity index (χ1v) is 10.7. The van der Waals surface area contributed by atoms with Gasteiger partial charge in [0, 0.05) is 27.9 Å². The second-order valence-corrected chi connectivity index (χ2v) is 7.97. The molecule has 1 amide bonds. The van der Waals surface area contributed by atoms with Crippen molar-refractivity contribution in [2.24, 2.45) is 0 Å². The summed E-state index contributed by atoms with van der Waals surface area (Å²) in [7, 11) is 0. The van der Waals surface area contributed by atoms with Crippen LogP contribution in [-0.2, 0) is 4.79 Å². The van der Waals surface area contributed by atoms with Gasteiger partial charge in [0.1, 0.15) is 11.8 Å². The summed E-state index contributed by atoms with van der Waals surface area (Å²) in [5.74, 6) is 0.495. The second-order valence-electron chi connectivity index (χ2n) is 7.53. The third-order valence-corrected chi connectivity index (χ3v) is 5.79. The van der Waals surface area contributed by atoms with Crippen LogP contribution < -0.4 is 11.0 Å². The van der Waals surface area contributed by atoms with Gasteiger partial charge in [-0.05, 0) is 42.0 Å². The highest BCUT2D eigenvalue weighted by molar-refractivity contribution is 6.31. The zero-order valence-corrected chi connectivity index (χ0v) is 18.0. The number of halogens is 1. The SMILES string of the molecule is CCC(=O)N1NC(c2c(-c3ccccc3)c3cc(Cl)ccc3[nH]c2=O)=C[C@@H]1c1ccco1. The second kappa shape index (κ2) is 8.05. The lowest BCUT2D eigenvalue weighted by molar-refractivity contribution is -0.134. The van der Waals surface area contributed by atoms with Crippen molar-refractivity contribution < 1.29 is 9.21 Å². The smallest absolute Gasteiger partial charge is 0.258 e. The van der Waals surface area contributed by atoms with Gasteiger partial charge in [-0.3, -0.25) is 15.0 Å². The molecular formula is C25H20ClN3O3. The average Bonchev–Trinajstić information content (AvgIpc) is 3.48. The van der Waals surface area contributed by atoms with Gasteiger partial charge >= 0.3 is 0 Å². The van der Waals surface area contributed by atoms with E-state index < -0.39 is 6.04 Å². The zero-order valence-electron chi connectivity index (χ0n) is 17.3. The molecule has 0 radical (unpaired) electrons. The molecule has 2 N–H and O–H groups in total. The van der Waals surface area contributed by atoms with Crippen molar-refractivity contribution in [3.8, 4) is 11.1 Å². The molecule has 0 bridgehead atoms. The van der Waals surface area contributed by atoms with Crippen LogP contribution in [0.1, 0.15) is 30.7 Å². The van der Waals surface area contributed by atoms with Gasteiger partial charge in [-0.1, -0.05) is 48.9 Å². The number of H-pyrrole nitrogens is 1. The monoisotopic (exact) mass is 445 g/mol. The Balaban J connectivity index is 1.77. The number of carbonyl (C=O) groups is 1. The predicted molar refractivity (Wildman–Crippen MR) is 125 cm³/mol. The number of aromatic amines is 1. The first-order chi connectivity index (χ1) is 15.6. The van der Waals surface area contributed by atoms with Crippen molar-refractivity contribution in [1.29, 1.82) is 0 Å². The van der Waals surface area contributed by atoms with E-state index in [1.807, 2.05) is 48.5 Å². The Labute approximate surface area is 189 Å². The molecule has 0 saturated heterocycles. The number of nitrogens with zero attached hydrogens (tertiary/aromatic N) is 1. The maximum absolute atomic E-state index is 13.3. The Morgan fingerprint density at radius 2 is 1.91 bits per heavy atom. The van der Waals surface area contributed by atoms with Gasteiger partial charge in [-0.2, -0.15) is 0 Å². The van der Waals surface area contributed by atoms with Gasteiger partial charge < -0.3 is 9.40 Å². The number of hydrogen-bond donors (Lipinski definition) is 2. The number of furan rings is 1. The number of fused-ring (bicyclic) bond motifs is 1. The number of benzene rings is 2. The fourth-order valence-corrected chi connectivity index (χ4v) is 4.26. The lowest BCUT2D eigenvalue weighted by Gasteiger charge is -2.23. The van der Waals surface area contributed by atoms with Crippen LogP contribution in [-0.4, -0.2) is 15.9 Å². The molecule has 2 aromatic heterocycles. The maximum Gasteiger partial charge on any atom is 0.258 e. The largest absolute Gasteiger partial charge is 0.467 e. The molecule has 4 aromatic rings. The number of hydrogen-bond acceptors (Lipinski definition) is 4. The van der Waals surface area contributed by atoms with Crippen molar-refractivity contribution >= 4 is 34.1 Å². The molecule has 0 aliphatic carbocycles. The van der Waals surface area contributed by atoms with Crippen molar-refractivity contribution in [1.82, 2.24) is 15.4 Å². The van der Waals surface area contributed by atoms with Crippen LogP contribution in [0.5, 0.6) is 0 Å². The molecule has 0 spiro atoms. The lowest BCUT2D eigenvalue weighted by atomic mass is 9.94. The molecule has 0 saturated carbocycles. The molecule has 0 unspecified atom stereocenters. The predicted octanol–water partition coefficient (Wildman–Crippen LogP) is 5.28. The standard InChI is InChI=1S/C25H20ClN3O3/c1-2-22(30)29-20(21-9-6-12-32-21)14-19(28-29)24-23(15-7-4-3-5-8-15)17-13-16(26)10-11-18(17)27-25(24)31/h3-14,20,28H,2H2,1H3,(H,27,31)/t20-/m1/s1. The van der Waals surface area contributed by atoms with Crippen LogP contribution >= 0.6 is 11.6 Å². The summed E-state index contributed by atoms with van der Waals surface area (Å²) in [6.45, 7) is 1.79. The van der Waals surface area contributed by atoms with E-state index in [0.717, 1.165) is 16.5 Å². The third-order valence-electron chi connectivity index (χ3n) is 5.56. The van der Waals surface area contributed by atoms with Crippen molar-refractivity contribution in [2.75, 3.05) is 0 Å². The number of pyridine rings is 1. The number of nitrogens with one attached hydrogen (secondary N) is 2. The topological polar surface area (TPSA) is 78.3 Å². The summed E-state index contributed by atoms with van der Waals surface area (Å²) >= 11 is 6.32. The minimum Gasteiger partial charge on any atom is -0.467 e. The summed E-state index contributed by atoms with van der Waals surface area (Å²) in [5.41, 5.74) is 6.18. The number of hydrazine groups is 1. The Kier molecular flexibility index (Phi) is 5.07. The first kappa shape index (κ1) is 20.2. The molecule has 32 heavy (non-hydrogen) atoms. The molecular weight excluding hydrogens is 426 g/mol. The van der Waals surface area contributed by atoms with Gasteiger partial charge in [0.25, 0.3) is 5.56 Å². The van der Waals surface area contributed by atoms with Gasteiger partial charge in [0.05, 0.1) is 17.5 Å². The minimum absolute atomic E-state index is 0.112. The van der Waals surface area contributed by atoms with E-state index in [0.29, 0.717) is 34.0 Å². The molecule has 2 aromatic carbocycles. The first-order valence-electron chi connectivity index (χ1n) is 10.3. The summed E-state index contributed by atoms with van der Waals surface area (Å²) in [4.78, 5) is 29.0. The van der Waals surface area contributed by atoms with Crippen LogP contribution in [0, 0.1) is 0 Å². The maximum atomic E-state index is 13.3. The number of carbonyl (C=O) groups excluding carboxylic acids is 1. The van der Waals surface area contributed by atoms with Crippen LogP contribution in [0.25, 0.3) is 27.7 Å². The van der Waals surface area contributed by atoms with E-state index in [2.05, 4.69) is 10.4 Å². The van der Waals surface area contributed by atoms with Crippen molar-refractivity contribution in [3.63, 3.8) is 0 Å². The molecule has 7 heteroatoms. The van der Waals surface area contributed by atoms with E-state index >= 15 is 0 Å². The number of rotatable bonds is 4. The van der Waals surface area contributed by atoms with E-state index in [1.165, 1.54) is 5.01 Å². The molecule has 5 rings (SSSR count). The summed E-state index contributed by atoms with van der Waals surface area (Å²) in [5, 5.41) is 2.89. The summed E-state index contributed by atoms with van der Waals surface area (Å²) in [6.07, 6.45) is 3.72. The Bertz CT molecular complexity index is 1390. The van der Waals surface area contributed by atoms with Gasteiger partial charge in [0.15, 0.2) is 0 Å². The fourth-order valence-electron chi connectivity index (χ4n) is 4.09. The minimum atomic E-state index is -0.467. The number of amides is 1. The fraction of sp³-hybridized carbons (Fsp3) is 0.120. The van der Waals surface area contributed by atoms with E-state index in [4.69, 9.17) is 16.0 Å². The van der Waals surface area contributed by atoms with E-state index in [9.17, 15) is 9.59 Å². The summed E-state index contributed by atoms with van der Waals surface area (Å²) < 4.78 is 5.58. The van der Waals surface area contributed by atoms with Gasteiger partial charge in [0.2, 0.25) is 5.91 Å². The average molecular weight is 446 g/mol. The number of aromatic nitrogens is 1. The molecule has 6 nitrogen and oxygen atoms in total. The Hall–Kier alpha value is -3.77. The molecule has 1 aliphatic heterocycles. The van der Waals surface area contributed by atoms with Crippen LogP contribution in [0.3, 0.4) is 0 Å². The molecule has 1 atom stereocenters. The van der Waals surface area contributed by atoms with Gasteiger partial charge in [-0.15, -0.1) is 0 Å². The van der Waals surface area contributed by atoms with Crippen molar-refractivity contribution in [2.45, 2.75) is 19.4 Å². The molecule has 160 valence electrons. The lowest BCUT2D eigenvalue weighted by Crippen LogP contribution is -2.39. The highest BCUT2D eigenvalue weighted by atomic mass is 35.5. The highest BCUT2D eigenvalue weighted by Crippen LogP contribution is 2.37. The highest BCUT2D eigenvalue weighted by Gasteiger charge is 2.33. The third kappa shape index (κ3) is 3.39. The summed E-state index contributed by atoms with van der Waals surface area (Å²) in [6, 6.07) is 18.2. The van der Waals surface area contributed by atoms with Crippen LogP contribution in [0.4, 0.5) is 0 Å². The molecule has 1 aliphatic rings. The Morgan fingerprint density at radius 1 is 1.09 bits per heavy atom.